The molecule has 0 N–H and O–H groups in total. The summed E-state index contributed by atoms with van der Waals surface area (Å²) in [7, 11) is 2.12. The second-order valence-corrected chi connectivity index (χ2v) is 7.39. The molecule has 3 aromatic carbocycles. The van der Waals surface area contributed by atoms with E-state index in [4.69, 9.17) is 0 Å². The molecule has 0 radical (unpaired) electrons. The van der Waals surface area contributed by atoms with Crippen molar-refractivity contribution in [2.24, 2.45) is 7.05 Å². The molecule has 6 rings (SSSR count). The Bertz CT molecular complexity index is 1490. The van der Waals surface area contributed by atoms with Gasteiger partial charge in [-0.15, -0.1) is 0 Å². The first-order valence-corrected chi connectivity index (χ1v) is 9.37. The lowest BCUT2D eigenvalue weighted by Crippen LogP contribution is -2.30. The monoisotopic (exact) mass is 347 g/mol. The number of rotatable bonds is 1. The summed E-state index contributed by atoms with van der Waals surface area (Å²) in [4.78, 5) is 0. The van der Waals surface area contributed by atoms with Crippen LogP contribution in [-0.2, 0) is 7.05 Å². The van der Waals surface area contributed by atoms with Gasteiger partial charge in [0.2, 0.25) is 5.69 Å². The van der Waals surface area contributed by atoms with Crippen LogP contribution in [0.25, 0.3) is 49.4 Å². The van der Waals surface area contributed by atoms with E-state index < -0.39 is 0 Å². The number of pyridine rings is 1. The third kappa shape index (κ3) is 1.77. The number of aromatic nitrogens is 2. The normalized spacial score (nSPS) is 12.1. The molecule has 6 aromatic rings. The molecular weight excluding hydrogens is 328 g/mol. The molecule has 0 unspecified atom stereocenters. The summed E-state index contributed by atoms with van der Waals surface area (Å²) >= 11 is 0. The maximum atomic E-state index is 2.47. The maximum absolute atomic E-state index is 2.47. The molecule has 0 aliphatic heterocycles. The van der Waals surface area contributed by atoms with E-state index in [0.717, 1.165) is 0 Å². The fraction of sp³-hybridized carbons (Fsp3) is 0.0800. The zero-order chi connectivity index (χ0) is 18.1. The highest BCUT2D eigenvalue weighted by Gasteiger charge is 2.25. The van der Waals surface area contributed by atoms with Gasteiger partial charge < -0.3 is 4.40 Å². The number of hydrogen-bond donors (Lipinski definition) is 0. The Kier molecular flexibility index (Phi) is 2.77. The number of aryl methyl sites for hydroxylation is 2. The van der Waals surface area contributed by atoms with Crippen LogP contribution in [0, 0.1) is 6.92 Å². The van der Waals surface area contributed by atoms with Crippen molar-refractivity contribution in [3.05, 3.63) is 84.6 Å². The SMILES string of the molecule is Cc1c(-c2cccc[n+]2C)n2c3ccccc3c3cc4ccccc4c1c32. The number of fused-ring (bicyclic) bond motifs is 5. The molecule has 0 spiro atoms. The Balaban J connectivity index is 1.99. The molecule has 3 aromatic heterocycles. The lowest BCUT2D eigenvalue weighted by molar-refractivity contribution is -0.660. The van der Waals surface area contributed by atoms with Gasteiger partial charge in [-0.2, -0.15) is 4.57 Å². The number of nitrogens with zero attached hydrogens (tertiary/aromatic N) is 2. The molecule has 0 fully saturated rings. The molecule has 0 aliphatic carbocycles. The Morgan fingerprint density at radius 3 is 2.37 bits per heavy atom. The lowest BCUT2D eigenvalue weighted by Gasteiger charge is -2.04. The standard InChI is InChI=1S/C25H19N2/c1-16-23-18-10-4-3-9-17(18)15-20-19-11-5-6-12-21(19)27(25(20)23)24(16)22-13-7-8-14-26(22)2/h3-15H,1-2H3/q+1. The summed E-state index contributed by atoms with van der Waals surface area (Å²) in [5.41, 5.74) is 6.49. The fourth-order valence-electron chi connectivity index (χ4n) is 4.76. The van der Waals surface area contributed by atoms with Crippen molar-refractivity contribution in [2.75, 3.05) is 0 Å². The van der Waals surface area contributed by atoms with Crippen molar-refractivity contribution in [2.45, 2.75) is 6.92 Å². The Morgan fingerprint density at radius 1 is 0.778 bits per heavy atom. The second-order valence-electron chi connectivity index (χ2n) is 7.39. The predicted octanol–water partition coefficient (Wildman–Crippen LogP) is 5.64. The van der Waals surface area contributed by atoms with Crippen LogP contribution in [0.15, 0.2) is 79.0 Å². The second kappa shape index (κ2) is 5.08. The molecule has 128 valence electrons. The van der Waals surface area contributed by atoms with E-state index in [1.54, 1.807) is 0 Å². The van der Waals surface area contributed by atoms with E-state index >= 15 is 0 Å². The molecular formula is C25H19N2+. The summed E-state index contributed by atoms with van der Waals surface area (Å²) in [6.07, 6.45) is 2.12. The molecule has 0 bridgehead atoms. The van der Waals surface area contributed by atoms with Crippen molar-refractivity contribution in [3.63, 3.8) is 0 Å². The van der Waals surface area contributed by atoms with Gasteiger partial charge >= 0.3 is 0 Å². The van der Waals surface area contributed by atoms with Gasteiger partial charge in [-0.05, 0) is 41.5 Å². The highest BCUT2D eigenvalue weighted by molar-refractivity contribution is 6.25. The number of benzene rings is 3. The largest absolute Gasteiger partial charge is 0.303 e. The third-order valence-corrected chi connectivity index (χ3v) is 5.93. The van der Waals surface area contributed by atoms with E-state index in [0.29, 0.717) is 0 Å². The number of para-hydroxylation sites is 1. The van der Waals surface area contributed by atoms with Crippen LogP contribution in [0.5, 0.6) is 0 Å². The van der Waals surface area contributed by atoms with Gasteiger partial charge in [0, 0.05) is 28.3 Å². The molecule has 0 saturated heterocycles. The van der Waals surface area contributed by atoms with Crippen LogP contribution in [0.3, 0.4) is 0 Å². The minimum Gasteiger partial charge on any atom is -0.303 e. The molecule has 2 heteroatoms. The summed E-state index contributed by atoms with van der Waals surface area (Å²) in [6.45, 7) is 2.27. The zero-order valence-electron chi connectivity index (χ0n) is 15.4. The van der Waals surface area contributed by atoms with Crippen molar-refractivity contribution in [3.8, 4) is 11.4 Å². The van der Waals surface area contributed by atoms with E-state index in [1.807, 2.05) is 0 Å². The minimum atomic E-state index is 1.23. The summed E-state index contributed by atoms with van der Waals surface area (Å²) in [5.74, 6) is 0. The van der Waals surface area contributed by atoms with Crippen molar-refractivity contribution in [1.29, 1.82) is 0 Å². The van der Waals surface area contributed by atoms with Gasteiger partial charge in [0.1, 0.15) is 12.7 Å². The lowest BCUT2D eigenvalue weighted by atomic mass is 9.99. The van der Waals surface area contributed by atoms with Gasteiger partial charge in [0.05, 0.1) is 11.0 Å². The van der Waals surface area contributed by atoms with Crippen LogP contribution in [-0.4, -0.2) is 4.40 Å². The highest BCUT2D eigenvalue weighted by Crippen LogP contribution is 2.43. The molecule has 0 amide bonds. The van der Waals surface area contributed by atoms with Crippen LogP contribution in [0.4, 0.5) is 0 Å². The smallest absolute Gasteiger partial charge is 0.229 e. The zero-order valence-corrected chi connectivity index (χ0v) is 15.4. The van der Waals surface area contributed by atoms with Crippen LogP contribution in [0.2, 0.25) is 0 Å². The molecule has 0 saturated carbocycles. The van der Waals surface area contributed by atoms with Gasteiger partial charge in [0.15, 0.2) is 6.20 Å². The van der Waals surface area contributed by atoms with Crippen molar-refractivity contribution >= 4 is 38.0 Å². The molecule has 0 atom stereocenters. The van der Waals surface area contributed by atoms with Crippen LogP contribution in [0.1, 0.15) is 5.56 Å². The average Bonchev–Trinajstić information content (AvgIpc) is 3.18. The van der Waals surface area contributed by atoms with Gasteiger partial charge in [-0.3, -0.25) is 0 Å². The summed E-state index contributed by atoms with van der Waals surface area (Å²) in [6, 6.07) is 26.3. The van der Waals surface area contributed by atoms with E-state index in [2.05, 4.69) is 102 Å². The first-order valence-electron chi connectivity index (χ1n) is 9.37. The molecule has 3 heterocycles. The topological polar surface area (TPSA) is 8.29 Å². The fourth-order valence-corrected chi connectivity index (χ4v) is 4.76. The van der Waals surface area contributed by atoms with E-state index in [-0.39, 0.29) is 0 Å². The van der Waals surface area contributed by atoms with E-state index in [1.165, 1.54) is 54.9 Å². The van der Waals surface area contributed by atoms with Crippen LogP contribution < -0.4 is 4.57 Å². The van der Waals surface area contributed by atoms with Crippen LogP contribution >= 0.6 is 0 Å². The van der Waals surface area contributed by atoms with Crippen molar-refractivity contribution < 1.29 is 4.57 Å². The van der Waals surface area contributed by atoms with Crippen molar-refractivity contribution in [1.82, 2.24) is 4.40 Å². The maximum Gasteiger partial charge on any atom is 0.229 e. The Morgan fingerprint density at radius 2 is 1.52 bits per heavy atom. The molecule has 2 nitrogen and oxygen atoms in total. The Hall–Kier alpha value is -3.39. The third-order valence-electron chi connectivity index (χ3n) is 5.93. The van der Waals surface area contributed by atoms with Gasteiger partial charge in [-0.25, -0.2) is 0 Å². The first kappa shape index (κ1) is 14.7. The van der Waals surface area contributed by atoms with E-state index in [9.17, 15) is 0 Å². The minimum absolute atomic E-state index is 1.23. The predicted molar refractivity (Wildman–Crippen MR) is 112 cm³/mol. The highest BCUT2D eigenvalue weighted by atomic mass is 15.0. The van der Waals surface area contributed by atoms with Gasteiger partial charge in [-0.1, -0.05) is 42.5 Å². The average molecular weight is 347 g/mol. The summed E-state index contributed by atoms with van der Waals surface area (Å²) in [5, 5.41) is 6.68. The first-order chi connectivity index (χ1) is 13.3. The molecule has 27 heavy (non-hydrogen) atoms. The molecule has 0 aliphatic rings. The summed E-state index contributed by atoms with van der Waals surface area (Å²) < 4.78 is 4.69. The van der Waals surface area contributed by atoms with Gasteiger partial charge in [0.25, 0.3) is 0 Å². The number of hydrogen-bond acceptors (Lipinski definition) is 0. The Labute approximate surface area is 157 Å². The quantitative estimate of drug-likeness (QED) is 0.340.